The van der Waals surface area contributed by atoms with Crippen LogP contribution >= 0.6 is 0 Å². The Morgan fingerprint density at radius 1 is 1.45 bits per heavy atom. The molecule has 1 aromatic heterocycles. The van der Waals surface area contributed by atoms with Crippen LogP contribution in [0.3, 0.4) is 0 Å². The summed E-state index contributed by atoms with van der Waals surface area (Å²) in [5.74, 6) is 0.0708. The molecule has 0 amide bonds. The molecule has 0 saturated heterocycles. The Kier molecular flexibility index (Phi) is 2.22. The molecular weight excluding hydrogens is 150 g/mol. The molecule has 1 rings (SSSR count). The molecule has 11 heavy (non-hydrogen) atoms. The summed E-state index contributed by atoms with van der Waals surface area (Å²) >= 11 is 0. The van der Waals surface area contributed by atoms with Gasteiger partial charge in [0, 0.05) is 5.69 Å². The van der Waals surface area contributed by atoms with Gasteiger partial charge in [0.1, 0.15) is 0 Å². The fourth-order valence-electron chi connectivity index (χ4n) is 0.942. The van der Waals surface area contributed by atoms with Crippen molar-refractivity contribution in [2.75, 3.05) is 0 Å². The lowest BCUT2D eigenvalue weighted by Crippen LogP contribution is -1.93. The maximum absolute atomic E-state index is 12.2. The van der Waals surface area contributed by atoms with E-state index in [0.29, 0.717) is 5.69 Å². The van der Waals surface area contributed by atoms with Gasteiger partial charge in [0.05, 0.1) is 11.8 Å². The molecule has 62 valence electrons. The van der Waals surface area contributed by atoms with Gasteiger partial charge in [0.25, 0.3) is 6.43 Å². The van der Waals surface area contributed by atoms with Gasteiger partial charge >= 0.3 is 0 Å². The van der Waals surface area contributed by atoms with Crippen LogP contribution in [0.4, 0.5) is 8.78 Å². The van der Waals surface area contributed by atoms with Crippen molar-refractivity contribution >= 4 is 0 Å². The van der Waals surface area contributed by atoms with E-state index in [9.17, 15) is 8.78 Å². The molecule has 0 aliphatic carbocycles. The van der Waals surface area contributed by atoms with Gasteiger partial charge in [-0.05, 0) is 5.92 Å². The van der Waals surface area contributed by atoms with Gasteiger partial charge in [0.2, 0.25) is 0 Å². The molecule has 0 aliphatic heterocycles. The van der Waals surface area contributed by atoms with Crippen molar-refractivity contribution in [3.63, 3.8) is 0 Å². The minimum atomic E-state index is -2.42. The Morgan fingerprint density at radius 2 is 2.09 bits per heavy atom. The number of H-pyrrole nitrogens is 1. The summed E-state index contributed by atoms with van der Waals surface area (Å²) in [5, 5.41) is 6.12. The monoisotopic (exact) mass is 160 g/mol. The Balaban J connectivity index is 2.96. The van der Waals surface area contributed by atoms with Crippen LogP contribution in [-0.2, 0) is 0 Å². The number of alkyl halides is 2. The second-order valence-electron chi connectivity index (χ2n) is 2.69. The van der Waals surface area contributed by atoms with Crippen LogP contribution in [-0.4, -0.2) is 10.2 Å². The van der Waals surface area contributed by atoms with Crippen LogP contribution in [0.5, 0.6) is 0 Å². The minimum Gasteiger partial charge on any atom is -0.282 e. The summed E-state index contributed by atoms with van der Waals surface area (Å²) in [7, 11) is 0. The highest BCUT2D eigenvalue weighted by atomic mass is 19.3. The summed E-state index contributed by atoms with van der Waals surface area (Å²) < 4.78 is 24.3. The van der Waals surface area contributed by atoms with E-state index >= 15 is 0 Å². The first-order valence-corrected chi connectivity index (χ1v) is 3.44. The maximum atomic E-state index is 12.2. The van der Waals surface area contributed by atoms with Gasteiger partial charge in [-0.1, -0.05) is 13.8 Å². The van der Waals surface area contributed by atoms with Crippen LogP contribution in [0.2, 0.25) is 0 Å². The second kappa shape index (κ2) is 2.98. The Bertz CT molecular complexity index is 208. The average Bonchev–Trinajstić information content (AvgIpc) is 2.32. The lowest BCUT2D eigenvalue weighted by Gasteiger charge is -2.03. The quantitative estimate of drug-likeness (QED) is 0.707. The molecule has 4 heteroatoms. The molecule has 0 saturated carbocycles. The Labute approximate surface area is 63.6 Å². The summed E-state index contributed by atoms with van der Waals surface area (Å²) in [4.78, 5) is 0. The largest absolute Gasteiger partial charge is 0.282 e. The third-order valence-electron chi connectivity index (χ3n) is 1.51. The fraction of sp³-hybridized carbons (Fsp3) is 0.571. The Hall–Kier alpha value is -0.930. The first-order chi connectivity index (χ1) is 5.13. The molecule has 0 unspecified atom stereocenters. The highest BCUT2D eigenvalue weighted by Gasteiger charge is 2.16. The van der Waals surface area contributed by atoms with Crippen molar-refractivity contribution < 1.29 is 8.78 Å². The number of nitrogens with one attached hydrogen (secondary N) is 1. The van der Waals surface area contributed by atoms with Gasteiger partial charge in [-0.15, -0.1) is 0 Å². The van der Waals surface area contributed by atoms with Crippen molar-refractivity contribution in [3.05, 3.63) is 17.5 Å². The molecule has 0 bridgehead atoms. The van der Waals surface area contributed by atoms with Gasteiger partial charge in [0.15, 0.2) is 0 Å². The average molecular weight is 160 g/mol. The van der Waals surface area contributed by atoms with Gasteiger partial charge in [-0.2, -0.15) is 5.10 Å². The second-order valence-corrected chi connectivity index (χ2v) is 2.69. The van der Waals surface area contributed by atoms with E-state index < -0.39 is 6.43 Å². The lowest BCUT2D eigenvalue weighted by molar-refractivity contribution is 0.150. The maximum Gasteiger partial charge on any atom is 0.267 e. The molecule has 0 radical (unpaired) electrons. The zero-order chi connectivity index (χ0) is 8.43. The number of aromatic amines is 1. The predicted molar refractivity (Wildman–Crippen MR) is 37.6 cm³/mol. The number of nitrogens with zero attached hydrogens (tertiary/aromatic N) is 1. The van der Waals surface area contributed by atoms with Crippen LogP contribution in [0.1, 0.15) is 37.4 Å². The first kappa shape index (κ1) is 8.17. The van der Waals surface area contributed by atoms with Gasteiger partial charge < -0.3 is 0 Å². The highest BCUT2D eigenvalue weighted by Crippen LogP contribution is 2.25. The summed E-state index contributed by atoms with van der Waals surface area (Å²) in [6, 6.07) is 0. The van der Waals surface area contributed by atoms with Crippen molar-refractivity contribution in [3.8, 4) is 0 Å². The van der Waals surface area contributed by atoms with Gasteiger partial charge in [-0.25, -0.2) is 8.78 Å². The molecule has 0 fully saturated rings. The van der Waals surface area contributed by atoms with Crippen LogP contribution in [0.25, 0.3) is 0 Å². The number of aromatic nitrogens is 2. The minimum absolute atomic E-state index is 0.0139. The van der Waals surface area contributed by atoms with E-state index in [1.807, 2.05) is 13.8 Å². The predicted octanol–water partition coefficient (Wildman–Crippen LogP) is 2.47. The van der Waals surface area contributed by atoms with Gasteiger partial charge in [-0.3, -0.25) is 5.10 Å². The number of hydrogen-bond donors (Lipinski definition) is 1. The zero-order valence-electron chi connectivity index (χ0n) is 6.44. The van der Waals surface area contributed by atoms with E-state index in [4.69, 9.17) is 0 Å². The third-order valence-corrected chi connectivity index (χ3v) is 1.51. The zero-order valence-corrected chi connectivity index (χ0v) is 6.44. The van der Waals surface area contributed by atoms with Crippen LogP contribution < -0.4 is 0 Å². The highest BCUT2D eigenvalue weighted by molar-refractivity contribution is 5.20. The van der Waals surface area contributed by atoms with E-state index in [-0.39, 0.29) is 11.5 Å². The number of rotatable bonds is 2. The van der Waals surface area contributed by atoms with Crippen LogP contribution in [0.15, 0.2) is 6.20 Å². The van der Waals surface area contributed by atoms with Crippen molar-refractivity contribution in [2.45, 2.75) is 26.2 Å². The smallest absolute Gasteiger partial charge is 0.267 e. The molecule has 0 spiro atoms. The molecule has 0 atom stereocenters. The lowest BCUT2D eigenvalue weighted by atomic mass is 10.1. The fourth-order valence-corrected chi connectivity index (χ4v) is 0.942. The molecular formula is C7H10F2N2. The third kappa shape index (κ3) is 1.56. The van der Waals surface area contributed by atoms with Crippen molar-refractivity contribution in [2.24, 2.45) is 0 Å². The van der Waals surface area contributed by atoms with E-state index in [0.717, 1.165) is 0 Å². The summed E-state index contributed by atoms with van der Waals surface area (Å²) in [6.07, 6.45) is -1.24. The molecule has 1 heterocycles. The van der Waals surface area contributed by atoms with Crippen molar-refractivity contribution in [1.29, 1.82) is 0 Å². The van der Waals surface area contributed by atoms with E-state index in [1.54, 1.807) is 0 Å². The van der Waals surface area contributed by atoms with Crippen molar-refractivity contribution in [1.82, 2.24) is 10.2 Å². The normalized spacial score (nSPS) is 11.5. The molecule has 2 nitrogen and oxygen atoms in total. The first-order valence-electron chi connectivity index (χ1n) is 3.44. The van der Waals surface area contributed by atoms with E-state index in [1.165, 1.54) is 6.20 Å². The molecule has 0 aliphatic rings. The Morgan fingerprint density at radius 3 is 2.45 bits per heavy atom. The standard InChI is InChI=1S/C7H10F2N2/c1-4(2)6-5(7(8)9)3-10-11-6/h3-4,7H,1-2H3,(H,10,11). The molecule has 1 aromatic rings. The SMILES string of the molecule is CC(C)c1[nH]ncc1C(F)F. The number of halogens is 2. The number of hydrogen-bond acceptors (Lipinski definition) is 1. The summed E-state index contributed by atoms with van der Waals surface area (Å²) in [6.45, 7) is 3.69. The van der Waals surface area contributed by atoms with E-state index in [2.05, 4.69) is 10.2 Å². The molecule has 1 N–H and O–H groups in total. The topological polar surface area (TPSA) is 28.7 Å². The molecule has 0 aromatic carbocycles. The summed E-state index contributed by atoms with van der Waals surface area (Å²) in [5.41, 5.74) is 0.542. The van der Waals surface area contributed by atoms with Crippen LogP contribution in [0, 0.1) is 0 Å².